The molecule has 4 rings (SSSR count). The van der Waals surface area contributed by atoms with Crippen LogP contribution in [0.2, 0.25) is 5.02 Å². The molecule has 0 aliphatic rings. The average Bonchev–Trinajstić information content (AvgIpc) is 3.13. The lowest BCUT2D eigenvalue weighted by Crippen LogP contribution is -2.39. The molecular formula is C22H20ClFN4O4. The van der Waals surface area contributed by atoms with Gasteiger partial charge in [-0.25, -0.2) is 9.18 Å². The van der Waals surface area contributed by atoms with Gasteiger partial charge in [-0.1, -0.05) is 23.7 Å². The summed E-state index contributed by atoms with van der Waals surface area (Å²) in [5.74, 6) is 0.0614. The first kappa shape index (κ1) is 21.8. The van der Waals surface area contributed by atoms with Crippen LogP contribution in [-0.4, -0.2) is 30.4 Å². The number of halogens is 2. The van der Waals surface area contributed by atoms with Crippen LogP contribution in [0.1, 0.15) is 12.0 Å². The van der Waals surface area contributed by atoms with Crippen molar-refractivity contribution in [1.82, 2.24) is 18.7 Å². The lowest BCUT2D eigenvalue weighted by molar-refractivity contribution is 0.277. The van der Waals surface area contributed by atoms with Gasteiger partial charge in [-0.15, -0.1) is 0 Å². The minimum atomic E-state index is -0.544. The Morgan fingerprint density at radius 3 is 2.41 bits per heavy atom. The molecule has 0 atom stereocenters. The number of imidazole rings is 1. The SMILES string of the molecule is Cn1c(=O)n(CCCO)c(=O)c2c1nc(Oc1ccc(Cl)cc1)n2Cc1ccc(F)cc1. The Hall–Kier alpha value is -3.43. The summed E-state index contributed by atoms with van der Waals surface area (Å²) < 4.78 is 23.2. The van der Waals surface area contributed by atoms with Gasteiger partial charge in [-0.05, 0) is 48.4 Å². The molecule has 0 fully saturated rings. The number of aromatic nitrogens is 4. The molecule has 0 aliphatic heterocycles. The van der Waals surface area contributed by atoms with Crippen LogP contribution in [0.4, 0.5) is 4.39 Å². The lowest BCUT2D eigenvalue weighted by atomic mass is 10.2. The van der Waals surface area contributed by atoms with E-state index in [1.807, 2.05) is 0 Å². The van der Waals surface area contributed by atoms with E-state index in [0.717, 1.165) is 4.57 Å². The van der Waals surface area contributed by atoms with Gasteiger partial charge in [0.2, 0.25) is 0 Å². The van der Waals surface area contributed by atoms with Gasteiger partial charge in [0.05, 0.1) is 6.54 Å². The monoisotopic (exact) mass is 458 g/mol. The zero-order valence-electron chi connectivity index (χ0n) is 17.2. The van der Waals surface area contributed by atoms with Crippen molar-refractivity contribution in [3.05, 3.63) is 85.8 Å². The first-order valence-corrected chi connectivity index (χ1v) is 10.3. The maximum absolute atomic E-state index is 13.4. The molecule has 2 aromatic carbocycles. The smallest absolute Gasteiger partial charge is 0.332 e. The van der Waals surface area contributed by atoms with Gasteiger partial charge in [0.15, 0.2) is 11.2 Å². The second-order valence-electron chi connectivity index (χ2n) is 7.21. The van der Waals surface area contributed by atoms with Crippen molar-refractivity contribution in [2.45, 2.75) is 19.5 Å². The fourth-order valence-electron chi connectivity index (χ4n) is 3.38. The average molecular weight is 459 g/mol. The van der Waals surface area contributed by atoms with Crippen LogP contribution < -0.4 is 16.0 Å². The molecule has 4 aromatic rings. The summed E-state index contributed by atoms with van der Waals surface area (Å²) in [5.41, 5.74) is -0.0518. The van der Waals surface area contributed by atoms with Crippen LogP contribution in [0.3, 0.4) is 0 Å². The fourth-order valence-corrected chi connectivity index (χ4v) is 3.51. The van der Waals surface area contributed by atoms with Crippen molar-refractivity contribution in [1.29, 1.82) is 0 Å². The summed E-state index contributed by atoms with van der Waals surface area (Å²) >= 11 is 5.94. The van der Waals surface area contributed by atoms with Crippen molar-refractivity contribution in [2.75, 3.05) is 6.61 Å². The van der Waals surface area contributed by atoms with E-state index in [0.29, 0.717) is 16.3 Å². The zero-order valence-corrected chi connectivity index (χ0v) is 17.9. The third-order valence-electron chi connectivity index (χ3n) is 5.01. The minimum absolute atomic E-state index is 0.0625. The molecule has 0 spiro atoms. The Morgan fingerprint density at radius 1 is 1.06 bits per heavy atom. The molecule has 0 bridgehead atoms. The van der Waals surface area contributed by atoms with E-state index >= 15 is 0 Å². The van der Waals surface area contributed by atoms with Crippen LogP contribution in [0.25, 0.3) is 11.2 Å². The molecule has 0 aliphatic carbocycles. The number of nitrogens with zero attached hydrogens (tertiary/aromatic N) is 4. The molecule has 0 unspecified atom stereocenters. The molecule has 32 heavy (non-hydrogen) atoms. The van der Waals surface area contributed by atoms with E-state index in [1.165, 1.54) is 23.7 Å². The summed E-state index contributed by atoms with van der Waals surface area (Å²) in [6.45, 7) is 0.0631. The first-order chi connectivity index (χ1) is 15.4. The van der Waals surface area contributed by atoms with E-state index in [1.54, 1.807) is 41.0 Å². The van der Waals surface area contributed by atoms with Crippen molar-refractivity contribution in [2.24, 2.45) is 7.05 Å². The highest BCUT2D eigenvalue weighted by Crippen LogP contribution is 2.26. The number of benzene rings is 2. The second kappa shape index (κ2) is 8.97. The maximum atomic E-state index is 13.4. The number of hydrogen-bond donors (Lipinski definition) is 1. The molecule has 166 valence electrons. The highest BCUT2D eigenvalue weighted by molar-refractivity contribution is 6.30. The molecule has 0 saturated heterocycles. The van der Waals surface area contributed by atoms with Gasteiger partial charge in [-0.2, -0.15) is 4.98 Å². The number of fused-ring (bicyclic) bond motifs is 1. The van der Waals surface area contributed by atoms with Crippen LogP contribution >= 0.6 is 11.6 Å². The number of rotatable bonds is 7. The molecular weight excluding hydrogens is 439 g/mol. The standard InChI is InChI=1S/C22H20ClFN4O4/c1-26-19-18(20(30)27(22(26)31)11-2-12-29)28(13-14-3-7-16(24)8-4-14)21(25-19)32-17-9-5-15(23)6-10-17/h3-10,29H,2,11-13H2,1H3. The molecule has 10 heteroatoms. The Balaban J connectivity index is 1.92. The third kappa shape index (κ3) is 4.17. The zero-order chi connectivity index (χ0) is 22.8. The van der Waals surface area contributed by atoms with Gasteiger partial charge in [0, 0.05) is 25.2 Å². The summed E-state index contributed by atoms with van der Waals surface area (Å²) in [6.07, 6.45) is 0.251. The van der Waals surface area contributed by atoms with E-state index in [-0.39, 0.29) is 49.1 Å². The number of aliphatic hydroxyl groups is 1. The van der Waals surface area contributed by atoms with Crippen LogP contribution in [0.15, 0.2) is 58.1 Å². The second-order valence-corrected chi connectivity index (χ2v) is 7.65. The number of aliphatic hydroxyl groups excluding tert-OH is 1. The maximum Gasteiger partial charge on any atom is 0.332 e. The van der Waals surface area contributed by atoms with Crippen molar-refractivity contribution < 1.29 is 14.2 Å². The highest BCUT2D eigenvalue weighted by atomic mass is 35.5. The molecule has 1 N–H and O–H groups in total. The molecule has 2 aromatic heterocycles. The van der Waals surface area contributed by atoms with Gasteiger partial charge >= 0.3 is 11.7 Å². The Bertz CT molecular complexity index is 1380. The quantitative estimate of drug-likeness (QED) is 0.460. The lowest BCUT2D eigenvalue weighted by Gasteiger charge is -2.11. The number of ether oxygens (including phenoxy) is 1. The molecule has 0 saturated carbocycles. The van der Waals surface area contributed by atoms with E-state index < -0.39 is 11.2 Å². The summed E-state index contributed by atoms with van der Waals surface area (Å²) in [4.78, 5) is 30.4. The first-order valence-electron chi connectivity index (χ1n) is 9.88. The van der Waals surface area contributed by atoms with Crippen molar-refractivity contribution in [3.8, 4) is 11.8 Å². The Kier molecular flexibility index (Phi) is 6.11. The topological polar surface area (TPSA) is 91.3 Å². The molecule has 8 nitrogen and oxygen atoms in total. The predicted octanol–water partition coefficient (Wildman–Crippen LogP) is 2.91. The molecule has 2 heterocycles. The van der Waals surface area contributed by atoms with Gasteiger partial charge in [0.25, 0.3) is 5.56 Å². The minimum Gasteiger partial charge on any atom is -0.425 e. The number of aryl methyl sites for hydroxylation is 1. The van der Waals surface area contributed by atoms with Crippen LogP contribution in [0, 0.1) is 5.82 Å². The highest BCUT2D eigenvalue weighted by Gasteiger charge is 2.22. The van der Waals surface area contributed by atoms with Crippen molar-refractivity contribution in [3.63, 3.8) is 0 Å². The van der Waals surface area contributed by atoms with Gasteiger partial charge in [0.1, 0.15) is 11.6 Å². The predicted molar refractivity (Wildman–Crippen MR) is 118 cm³/mol. The fraction of sp³-hybridized carbons (Fsp3) is 0.227. The van der Waals surface area contributed by atoms with E-state index in [9.17, 15) is 14.0 Å². The van der Waals surface area contributed by atoms with Gasteiger partial charge in [-0.3, -0.25) is 18.5 Å². The van der Waals surface area contributed by atoms with Crippen LogP contribution in [0.5, 0.6) is 11.8 Å². The number of hydrogen-bond acceptors (Lipinski definition) is 5. The van der Waals surface area contributed by atoms with E-state index in [4.69, 9.17) is 21.4 Å². The Labute approximate surface area is 186 Å². The third-order valence-corrected chi connectivity index (χ3v) is 5.27. The molecule has 0 amide bonds. The van der Waals surface area contributed by atoms with Crippen LogP contribution in [-0.2, 0) is 20.1 Å². The molecule has 0 radical (unpaired) electrons. The summed E-state index contributed by atoms with van der Waals surface area (Å²) in [6, 6.07) is 12.6. The van der Waals surface area contributed by atoms with Gasteiger partial charge < -0.3 is 9.84 Å². The normalized spacial score (nSPS) is 11.2. The van der Waals surface area contributed by atoms with Crippen molar-refractivity contribution >= 4 is 22.8 Å². The Morgan fingerprint density at radius 2 is 1.75 bits per heavy atom. The largest absolute Gasteiger partial charge is 0.425 e. The summed E-state index contributed by atoms with van der Waals surface area (Å²) in [5, 5.41) is 9.68. The van der Waals surface area contributed by atoms with E-state index in [2.05, 4.69) is 4.98 Å². The summed E-state index contributed by atoms with van der Waals surface area (Å²) in [7, 11) is 1.51.